The van der Waals surface area contributed by atoms with Crippen LogP contribution >= 0.6 is 11.6 Å². The molecule has 1 aliphatic heterocycles. The van der Waals surface area contributed by atoms with Crippen LogP contribution in [0.4, 0.5) is 4.39 Å². The van der Waals surface area contributed by atoms with Gasteiger partial charge in [0.1, 0.15) is 5.82 Å². The van der Waals surface area contributed by atoms with E-state index < -0.39 is 0 Å². The van der Waals surface area contributed by atoms with Gasteiger partial charge in [-0.05, 0) is 43.5 Å². The Morgan fingerprint density at radius 2 is 2.36 bits per heavy atom. The second kappa shape index (κ2) is 4.28. The molecule has 1 aromatic carbocycles. The van der Waals surface area contributed by atoms with Crippen LogP contribution in [0.2, 0.25) is 5.02 Å². The van der Waals surface area contributed by atoms with Gasteiger partial charge < -0.3 is 5.32 Å². The largest absolute Gasteiger partial charge is 0.314 e. The fourth-order valence-electron chi connectivity index (χ4n) is 1.88. The van der Waals surface area contributed by atoms with Crippen molar-refractivity contribution in [2.24, 2.45) is 0 Å². The van der Waals surface area contributed by atoms with Gasteiger partial charge in [-0.1, -0.05) is 17.7 Å². The van der Waals surface area contributed by atoms with Crippen LogP contribution in [0.1, 0.15) is 18.4 Å². The van der Waals surface area contributed by atoms with Crippen LogP contribution in [-0.2, 0) is 6.42 Å². The number of hydrogen-bond acceptors (Lipinski definition) is 1. The van der Waals surface area contributed by atoms with E-state index in [1.165, 1.54) is 18.9 Å². The molecule has 1 N–H and O–H groups in total. The van der Waals surface area contributed by atoms with Gasteiger partial charge in [0.15, 0.2) is 0 Å². The Hall–Kier alpha value is -0.600. The van der Waals surface area contributed by atoms with Crippen LogP contribution in [0.5, 0.6) is 0 Å². The van der Waals surface area contributed by atoms with Gasteiger partial charge >= 0.3 is 0 Å². The SMILES string of the molecule is Fc1cc(CC2CCCN2)ccc1Cl. The number of halogens is 2. The minimum atomic E-state index is -0.317. The molecular weight excluding hydrogens is 201 g/mol. The summed E-state index contributed by atoms with van der Waals surface area (Å²) in [6.45, 7) is 1.08. The van der Waals surface area contributed by atoms with E-state index in [-0.39, 0.29) is 10.8 Å². The lowest BCUT2D eigenvalue weighted by Gasteiger charge is -2.09. The summed E-state index contributed by atoms with van der Waals surface area (Å²) in [5.41, 5.74) is 1.02. The molecular formula is C11H13ClFN. The molecule has 3 heteroatoms. The monoisotopic (exact) mass is 213 g/mol. The van der Waals surface area contributed by atoms with Crippen LogP contribution in [-0.4, -0.2) is 12.6 Å². The lowest BCUT2D eigenvalue weighted by molar-refractivity contribution is 0.593. The number of benzene rings is 1. The van der Waals surface area contributed by atoms with Crippen molar-refractivity contribution in [2.45, 2.75) is 25.3 Å². The first-order chi connectivity index (χ1) is 6.75. The highest BCUT2D eigenvalue weighted by Crippen LogP contribution is 2.18. The maximum Gasteiger partial charge on any atom is 0.142 e. The fourth-order valence-corrected chi connectivity index (χ4v) is 2.00. The number of nitrogens with one attached hydrogen (secondary N) is 1. The summed E-state index contributed by atoms with van der Waals surface area (Å²) in [6, 6.07) is 5.56. The van der Waals surface area contributed by atoms with Crippen molar-refractivity contribution in [3.05, 3.63) is 34.6 Å². The van der Waals surface area contributed by atoms with Crippen LogP contribution in [0.3, 0.4) is 0 Å². The van der Waals surface area contributed by atoms with Crippen molar-refractivity contribution in [2.75, 3.05) is 6.54 Å². The zero-order chi connectivity index (χ0) is 9.97. The van der Waals surface area contributed by atoms with E-state index in [4.69, 9.17) is 11.6 Å². The van der Waals surface area contributed by atoms with Crippen molar-refractivity contribution in [1.29, 1.82) is 0 Å². The van der Waals surface area contributed by atoms with Gasteiger partial charge in [-0.25, -0.2) is 4.39 Å². The van der Waals surface area contributed by atoms with E-state index in [1.807, 2.05) is 6.07 Å². The molecule has 1 atom stereocenters. The van der Waals surface area contributed by atoms with Gasteiger partial charge in [0, 0.05) is 6.04 Å². The third-order valence-corrected chi connectivity index (χ3v) is 2.94. The molecule has 1 saturated heterocycles. The predicted molar refractivity (Wildman–Crippen MR) is 56.1 cm³/mol. The van der Waals surface area contributed by atoms with Crippen molar-refractivity contribution < 1.29 is 4.39 Å². The lowest BCUT2D eigenvalue weighted by Crippen LogP contribution is -2.23. The molecule has 0 aromatic heterocycles. The molecule has 0 saturated carbocycles. The molecule has 0 aliphatic carbocycles. The van der Waals surface area contributed by atoms with Gasteiger partial charge in [-0.15, -0.1) is 0 Å². The third kappa shape index (κ3) is 2.25. The van der Waals surface area contributed by atoms with E-state index in [0.717, 1.165) is 18.5 Å². The second-order valence-corrected chi connectivity index (χ2v) is 4.15. The molecule has 1 fully saturated rings. The van der Waals surface area contributed by atoms with Crippen molar-refractivity contribution >= 4 is 11.6 Å². The summed E-state index contributed by atoms with van der Waals surface area (Å²) in [7, 11) is 0. The normalized spacial score (nSPS) is 21.4. The summed E-state index contributed by atoms with van der Waals surface area (Å²) in [4.78, 5) is 0. The van der Waals surface area contributed by atoms with Crippen LogP contribution < -0.4 is 5.32 Å². The molecule has 1 unspecified atom stereocenters. The van der Waals surface area contributed by atoms with Crippen LogP contribution in [0.15, 0.2) is 18.2 Å². The first-order valence-electron chi connectivity index (χ1n) is 4.93. The summed E-state index contributed by atoms with van der Waals surface area (Å²) in [5, 5.41) is 3.59. The van der Waals surface area contributed by atoms with Crippen LogP contribution in [0, 0.1) is 5.82 Å². The van der Waals surface area contributed by atoms with Crippen LogP contribution in [0.25, 0.3) is 0 Å². The van der Waals surface area contributed by atoms with Gasteiger partial charge in [0.2, 0.25) is 0 Å². The minimum Gasteiger partial charge on any atom is -0.314 e. The van der Waals surface area contributed by atoms with Crippen molar-refractivity contribution in [1.82, 2.24) is 5.32 Å². The smallest absolute Gasteiger partial charge is 0.142 e. The average molecular weight is 214 g/mol. The zero-order valence-electron chi connectivity index (χ0n) is 7.89. The first kappa shape index (κ1) is 9.94. The summed E-state index contributed by atoms with van der Waals surface area (Å²) < 4.78 is 13.1. The van der Waals surface area contributed by atoms with E-state index in [0.29, 0.717) is 6.04 Å². The molecule has 2 rings (SSSR count). The quantitative estimate of drug-likeness (QED) is 0.797. The molecule has 14 heavy (non-hydrogen) atoms. The zero-order valence-corrected chi connectivity index (χ0v) is 8.65. The lowest BCUT2D eigenvalue weighted by atomic mass is 10.0. The van der Waals surface area contributed by atoms with Crippen molar-refractivity contribution in [3.63, 3.8) is 0 Å². The van der Waals surface area contributed by atoms with Crippen molar-refractivity contribution in [3.8, 4) is 0 Å². The van der Waals surface area contributed by atoms with E-state index >= 15 is 0 Å². The Kier molecular flexibility index (Phi) is 3.04. The molecule has 0 amide bonds. The van der Waals surface area contributed by atoms with Gasteiger partial charge in [0.05, 0.1) is 5.02 Å². The molecule has 1 aliphatic rings. The van der Waals surface area contributed by atoms with Gasteiger partial charge in [0.25, 0.3) is 0 Å². The number of rotatable bonds is 2. The Balaban J connectivity index is 2.05. The molecule has 76 valence electrons. The second-order valence-electron chi connectivity index (χ2n) is 3.75. The Morgan fingerprint density at radius 1 is 1.50 bits per heavy atom. The standard InChI is InChI=1S/C11H13ClFN/c12-10-4-3-8(7-11(10)13)6-9-2-1-5-14-9/h3-4,7,9,14H,1-2,5-6H2. The summed E-state index contributed by atoms with van der Waals surface area (Å²) >= 11 is 5.61. The molecule has 0 radical (unpaired) electrons. The highest BCUT2D eigenvalue weighted by molar-refractivity contribution is 6.30. The molecule has 1 heterocycles. The molecule has 1 nitrogen and oxygen atoms in total. The highest BCUT2D eigenvalue weighted by Gasteiger charge is 2.14. The Morgan fingerprint density at radius 3 is 3.00 bits per heavy atom. The molecule has 0 spiro atoms. The summed E-state index contributed by atoms with van der Waals surface area (Å²) in [5.74, 6) is -0.317. The number of hydrogen-bond donors (Lipinski definition) is 1. The minimum absolute atomic E-state index is 0.202. The highest BCUT2D eigenvalue weighted by atomic mass is 35.5. The summed E-state index contributed by atoms with van der Waals surface area (Å²) in [6.07, 6.45) is 3.30. The van der Waals surface area contributed by atoms with Gasteiger partial charge in [-0.2, -0.15) is 0 Å². The topological polar surface area (TPSA) is 12.0 Å². The van der Waals surface area contributed by atoms with E-state index in [2.05, 4.69) is 5.32 Å². The first-order valence-corrected chi connectivity index (χ1v) is 5.31. The molecule has 0 bridgehead atoms. The fraction of sp³-hybridized carbons (Fsp3) is 0.455. The Labute approximate surface area is 88.3 Å². The Bertz CT molecular complexity index is 321. The van der Waals surface area contributed by atoms with E-state index in [1.54, 1.807) is 6.07 Å². The average Bonchev–Trinajstić information content (AvgIpc) is 2.64. The molecule has 1 aromatic rings. The maximum absolute atomic E-state index is 13.1. The van der Waals surface area contributed by atoms with E-state index in [9.17, 15) is 4.39 Å². The van der Waals surface area contributed by atoms with Gasteiger partial charge in [-0.3, -0.25) is 0 Å². The third-order valence-electron chi connectivity index (χ3n) is 2.63. The maximum atomic E-state index is 13.1. The predicted octanol–water partition coefficient (Wildman–Crippen LogP) is 2.77.